The zero-order valence-corrected chi connectivity index (χ0v) is 20.5. The monoisotopic (exact) mass is 493 g/mol. The van der Waals surface area contributed by atoms with Gasteiger partial charge in [-0.25, -0.2) is 13.8 Å². The lowest BCUT2D eigenvalue weighted by Crippen LogP contribution is -2.51. The molecule has 1 saturated heterocycles. The zero-order chi connectivity index (χ0) is 25.2. The van der Waals surface area contributed by atoms with Crippen molar-refractivity contribution < 1.29 is 13.6 Å². The number of H-pyrrole nitrogens is 1. The van der Waals surface area contributed by atoms with Gasteiger partial charge in [0.2, 0.25) is 0 Å². The number of piperidine rings is 1. The summed E-state index contributed by atoms with van der Waals surface area (Å²) in [7, 11) is 0. The van der Waals surface area contributed by atoms with Gasteiger partial charge in [-0.2, -0.15) is 10.2 Å². The van der Waals surface area contributed by atoms with Gasteiger partial charge in [0.1, 0.15) is 17.3 Å². The van der Waals surface area contributed by atoms with E-state index in [1.165, 1.54) is 12.3 Å². The molecule has 1 N–H and O–H groups in total. The van der Waals surface area contributed by atoms with Crippen LogP contribution >= 0.6 is 0 Å². The van der Waals surface area contributed by atoms with Gasteiger partial charge in [0.15, 0.2) is 0 Å². The van der Waals surface area contributed by atoms with Crippen molar-refractivity contribution in [3.63, 3.8) is 0 Å². The Kier molecular flexibility index (Phi) is 5.25. The van der Waals surface area contributed by atoms with Crippen LogP contribution in [0.15, 0.2) is 41.0 Å². The highest BCUT2D eigenvalue weighted by molar-refractivity contribution is 5.92. The van der Waals surface area contributed by atoms with E-state index in [2.05, 4.69) is 34.0 Å². The van der Waals surface area contributed by atoms with E-state index in [0.717, 1.165) is 43.1 Å². The van der Waals surface area contributed by atoms with E-state index in [1.807, 2.05) is 11.0 Å². The highest BCUT2D eigenvalue weighted by Crippen LogP contribution is 2.70. The minimum absolute atomic E-state index is 0.0611. The molecule has 0 radical (unpaired) electrons. The molecule has 9 heteroatoms. The number of amides is 1. The molecule has 1 aliphatic heterocycles. The number of nitrogens with one attached hydrogen (secondary N) is 1. The predicted molar refractivity (Wildman–Crippen MR) is 129 cm³/mol. The molecule has 6 rings (SSSR count). The largest absolute Gasteiger partial charge is 0.337 e. The molecule has 2 aromatic heterocycles. The molecule has 3 atom stereocenters. The minimum atomic E-state index is -0.567. The van der Waals surface area contributed by atoms with Gasteiger partial charge in [-0.05, 0) is 67.1 Å². The molecule has 7 nitrogen and oxygen atoms in total. The molecule has 2 aromatic rings. The van der Waals surface area contributed by atoms with Gasteiger partial charge in [0, 0.05) is 31.1 Å². The van der Waals surface area contributed by atoms with E-state index >= 15 is 0 Å². The number of nitrogens with zero attached hydrogens (tertiary/aromatic N) is 4. The van der Waals surface area contributed by atoms with E-state index in [1.54, 1.807) is 0 Å². The van der Waals surface area contributed by atoms with Crippen LogP contribution in [-0.2, 0) is 5.41 Å². The third-order valence-electron chi connectivity index (χ3n) is 9.22. The second-order valence-electron chi connectivity index (χ2n) is 11.1. The SMILES string of the molecule is CC1(C)[C@H]2CCC1(C1CCCN(C(=O)c3c[nH]c(=O)cn3)C1)c1nnc(C3=C(F)CCC=C3F)cc12. The van der Waals surface area contributed by atoms with Gasteiger partial charge in [0.25, 0.3) is 11.5 Å². The molecule has 1 amide bonds. The lowest BCUT2D eigenvalue weighted by atomic mass is 9.59. The molecule has 0 aromatic carbocycles. The van der Waals surface area contributed by atoms with Crippen LogP contribution in [0.4, 0.5) is 8.78 Å². The van der Waals surface area contributed by atoms with Crippen LogP contribution in [0.2, 0.25) is 0 Å². The topological polar surface area (TPSA) is 91.8 Å². The maximum atomic E-state index is 14.6. The summed E-state index contributed by atoms with van der Waals surface area (Å²) in [6, 6.07) is 1.86. The molecule has 2 fully saturated rings. The number of hydrogen-bond acceptors (Lipinski definition) is 5. The van der Waals surface area contributed by atoms with E-state index in [-0.39, 0.29) is 57.5 Å². The molecule has 1 saturated carbocycles. The molecule has 0 spiro atoms. The average Bonchev–Trinajstić information content (AvgIpc) is 3.25. The number of hydrogen-bond donors (Lipinski definition) is 1. The molecule has 4 aliphatic rings. The zero-order valence-electron chi connectivity index (χ0n) is 20.5. The summed E-state index contributed by atoms with van der Waals surface area (Å²) in [4.78, 5) is 33.0. The lowest BCUT2D eigenvalue weighted by Gasteiger charge is -2.48. The van der Waals surface area contributed by atoms with Crippen LogP contribution in [0.25, 0.3) is 5.57 Å². The second kappa shape index (κ2) is 8.15. The summed E-state index contributed by atoms with van der Waals surface area (Å²) in [6.07, 6.45) is 8.16. The average molecular weight is 494 g/mol. The number of allylic oxidation sites excluding steroid dienone is 4. The Balaban J connectivity index is 1.36. The van der Waals surface area contributed by atoms with Gasteiger partial charge >= 0.3 is 0 Å². The number of carbonyl (C=O) groups excluding carboxylic acids is 1. The Labute approximate surface area is 207 Å². The highest BCUT2D eigenvalue weighted by Gasteiger charge is 2.66. The first-order chi connectivity index (χ1) is 17.2. The Hall–Kier alpha value is -3.23. The number of fused-ring (bicyclic) bond motifs is 5. The predicted octanol–water partition coefficient (Wildman–Crippen LogP) is 4.60. The molecule has 3 heterocycles. The number of halogens is 2. The fourth-order valence-electron chi connectivity index (χ4n) is 7.53. The van der Waals surface area contributed by atoms with Gasteiger partial charge in [-0.15, -0.1) is 0 Å². The van der Waals surface area contributed by atoms with Crippen molar-refractivity contribution in [1.29, 1.82) is 0 Å². The summed E-state index contributed by atoms with van der Waals surface area (Å²) in [5.74, 6) is -0.850. The van der Waals surface area contributed by atoms with Crippen LogP contribution in [0.5, 0.6) is 0 Å². The second-order valence-corrected chi connectivity index (χ2v) is 11.1. The summed E-state index contributed by atoms with van der Waals surface area (Å²) in [6.45, 7) is 5.72. The van der Waals surface area contributed by atoms with Gasteiger partial charge < -0.3 is 9.88 Å². The molecular weight excluding hydrogens is 464 g/mol. The van der Waals surface area contributed by atoms with Crippen LogP contribution in [0.1, 0.15) is 85.7 Å². The normalized spacial score (nSPS) is 28.8. The summed E-state index contributed by atoms with van der Waals surface area (Å²) >= 11 is 0. The Morgan fingerprint density at radius 3 is 2.81 bits per heavy atom. The Morgan fingerprint density at radius 1 is 1.22 bits per heavy atom. The third kappa shape index (κ3) is 3.17. The van der Waals surface area contributed by atoms with Gasteiger partial charge in [0.05, 0.1) is 23.2 Å². The summed E-state index contributed by atoms with van der Waals surface area (Å²) < 4.78 is 29.1. The van der Waals surface area contributed by atoms with Crippen LogP contribution in [0, 0.1) is 11.3 Å². The van der Waals surface area contributed by atoms with E-state index < -0.39 is 11.7 Å². The maximum Gasteiger partial charge on any atom is 0.273 e. The first-order valence-electron chi connectivity index (χ1n) is 12.7. The van der Waals surface area contributed by atoms with Crippen molar-refractivity contribution >= 4 is 11.5 Å². The number of likely N-dealkylation sites (tertiary alicyclic amines) is 1. The van der Waals surface area contributed by atoms with Crippen LogP contribution in [0.3, 0.4) is 0 Å². The molecule has 36 heavy (non-hydrogen) atoms. The first kappa shape index (κ1) is 23.2. The van der Waals surface area contributed by atoms with Crippen molar-refractivity contribution in [1.82, 2.24) is 25.1 Å². The first-order valence-corrected chi connectivity index (χ1v) is 12.7. The smallest absolute Gasteiger partial charge is 0.273 e. The standard InChI is InChI=1S/C27H29F2N5O2/c1-26(2)17-8-9-27(26,15-5-4-10-34(14-15)25(36)21-12-31-22(35)13-30-21)24-16(17)11-20(32-33-24)23-18(28)6-3-7-19(23)29/h6,11-13,15,17H,3-5,7-10,14H2,1-2H3,(H,31,35)/t15?,17-,27?/m0/s1. The van der Waals surface area contributed by atoms with E-state index in [0.29, 0.717) is 19.5 Å². The van der Waals surface area contributed by atoms with E-state index in [9.17, 15) is 18.4 Å². The van der Waals surface area contributed by atoms with Crippen molar-refractivity contribution in [2.45, 2.75) is 63.7 Å². The number of rotatable bonds is 3. The van der Waals surface area contributed by atoms with Crippen molar-refractivity contribution in [2.24, 2.45) is 11.3 Å². The van der Waals surface area contributed by atoms with Gasteiger partial charge in [-0.3, -0.25) is 9.59 Å². The van der Waals surface area contributed by atoms with Crippen molar-refractivity contribution in [3.05, 3.63) is 69.2 Å². The minimum Gasteiger partial charge on any atom is -0.337 e. The highest BCUT2D eigenvalue weighted by atomic mass is 19.1. The Morgan fingerprint density at radius 2 is 2.06 bits per heavy atom. The molecule has 2 bridgehead atoms. The van der Waals surface area contributed by atoms with Crippen molar-refractivity contribution in [3.8, 4) is 0 Å². The van der Waals surface area contributed by atoms with E-state index in [4.69, 9.17) is 0 Å². The molecule has 188 valence electrons. The fourth-order valence-corrected chi connectivity index (χ4v) is 7.53. The quantitative estimate of drug-likeness (QED) is 0.675. The maximum absolute atomic E-state index is 14.6. The molecule has 2 unspecified atom stereocenters. The summed E-state index contributed by atoms with van der Waals surface area (Å²) in [5, 5.41) is 9.02. The lowest BCUT2D eigenvalue weighted by molar-refractivity contribution is 0.0419. The molecular formula is C27H29F2N5O2. The van der Waals surface area contributed by atoms with Crippen LogP contribution < -0.4 is 5.56 Å². The Bertz CT molecular complexity index is 1360. The van der Waals surface area contributed by atoms with Crippen molar-refractivity contribution in [2.75, 3.05) is 13.1 Å². The summed E-state index contributed by atoms with van der Waals surface area (Å²) in [5.41, 5.74) is 1.64. The van der Waals surface area contributed by atoms with Gasteiger partial charge in [-0.1, -0.05) is 13.8 Å². The fraction of sp³-hybridized carbons (Fsp3) is 0.519. The van der Waals surface area contributed by atoms with Crippen LogP contribution in [-0.4, -0.2) is 44.1 Å². The molecule has 3 aliphatic carbocycles. The number of carbonyl (C=O) groups is 1. The number of aromatic amines is 1. The number of aromatic nitrogens is 4. The third-order valence-corrected chi connectivity index (χ3v) is 9.22.